The molecule has 0 aliphatic rings. The van der Waals surface area contributed by atoms with E-state index >= 15 is 0 Å². The molecule has 26 heavy (non-hydrogen) atoms. The molecule has 0 aliphatic heterocycles. The highest BCUT2D eigenvalue weighted by Crippen LogP contribution is 2.29. The molecule has 4 heteroatoms. The van der Waals surface area contributed by atoms with Crippen molar-refractivity contribution in [2.45, 2.75) is 0 Å². The van der Waals surface area contributed by atoms with E-state index in [1.165, 1.54) is 0 Å². The van der Waals surface area contributed by atoms with Crippen LogP contribution in [0.2, 0.25) is 0 Å². The number of hydrogen-bond donors (Lipinski definition) is 0. The van der Waals surface area contributed by atoms with Crippen LogP contribution in [0.5, 0.6) is 5.75 Å². The van der Waals surface area contributed by atoms with Crippen molar-refractivity contribution in [2.75, 3.05) is 13.2 Å². The number of ketones is 1. The Morgan fingerprint density at radius 2 is 1.31 bits per heavy atom. The molecule has 4 nitrogen and oxygen atoms in total. The van der Waals surface area contributed by atoms with Crippen LogP contribution in [-0.4, -0.2) is 25.0 Å². The summed E-state index contributed by atoms with van der Waals surface area (Å²) in [5.74, 6) is -0.245. The van der Waals surface area contributed by atoms with Crippen molar-refractivity contribution in [2.24, 2.45) is 0 Å². The maximum Gasteiger partial charge on any atom is 0.344 e. The van der Waals surface area contributed by atoms with Crippen LogP contribution in [0.15, 0.2) is 84.9 Å². The predicted octanol–water partition coefficient (Wildman–Crippen LogP) is 4.16. The zero-order valence-corrected chi connectivity index (χ0v) is 14.1. The normalized spacial score (nSPS) is 10.2. The van der Waals surface area contributed by atoms with Gasteiger partial charge in [0.1, 0.15) is 5.75 Å². The molecule has 0 fully saturated rings. The molecular weight excluding hydrogens is 328 g/mol. The number of benzene rings is 3. The van der Waals surface area contributed by atoms with Gasteiger partial charge in [0.2, 0.25) is 0 Å². The molecule has 130 valence electrons. The number of esters is 1. The first-order valence-corrected chi connectivity index (χ1v) is 8.25. The Morgan fingerprint density at radius 1 is 0.692 bits per heavy atom. The van der Waals surface area contributed by atoms with Gasteiger partial charge in [-0.1, -0.05) is 78.9 Å². The summed E-state index contributed by atoms with van der Waals surface area (Å²) in [6.45, 7) is -0.557. The summed E-state index contributed by atoms with van der Waals surface area (Å²) in [5.41, 5.74) is 2.40. The minimum atomic E-state index is -0.586. The zero-order chi connectivity index (χ0) is 18.2. The van der Waals surface area contributed by atoms with Gasteiger partial charge in [-0.2, -0.15) is 0 Å². The quantitative estimate of drug-likeness (QED) is 0.476. The maximum atomic E-state index is 11.9. The van der Waals surface area contributed by atoms with Gasteiger partial charge in [0.05, 0.1) is 0 Å². The third-order valence-corrected chi connectivity index (χ3v) is 3.78. The highest BCUT2D eigenvalue weighted by atomic mass is 16.6. The van der Waals surface area contributed by atoms with E-state index < -0.39 is 5.97 Å². The second-order valence-corrected chi connectivity index (χ2v) is 5.60. The Balaban J connectivity index is 1.56. The lowest BCUT2D eigenvalue weighted by molar-refractivity contribution is -0.144. The molecule has 0 radical (unpaired) electrons. The van der Waals surface area contributed by atoms with E-state index in [0.717, 1.165) is 11.1 Å². The van der Waals surface area contributed by atoms with Crippen LogP contribution in [0.4, 0.5) is 0 Å². The summed E-state index contributed by atoms with van der Waals surface area (Å²) in [6.07, 6.45) is 0. The SMILES string of the molecule is O=C(COc1ccccc1-c1ccccc1)OCC(=O)c1ccccc1. The second kappa shape index (κ2) is 8.62. The average Bonchev–Trinajstić information content (AvgIpc) is 2.72. The Bertz CT molecular complexity index is 873. The number of carbonyl (C=O) groups excluding carboxylic acids is 2. The number of carbonyl (C=O) groups is 2. The van der Waals surface area contributed by atoms with E-state index in [4.69, 9.17) is 9.47 Å². The van der Waals surface area contributed by atoms with Crippen LogP contribution in [0.3, 0.4) is 0 Å². The van der Waals surface area contributed by atoms with Crippen LogP contribution < -0.4 is 4.74 Å². The number of hydrogen-bond acceptors (Lipinski definition) is 4. The minimum absolute atomic E-state index is 0.247. The molecule has 0 atom stereocenters. The summed E-state index contributed by atoms with van der Waals surface area (Å²) >= 11 is 0. The van der Waals surface area contributed by atoms with Crippen LogP contribution in [0, 0.1) is 0 Å². The molecular formula is C22H18O4. The molecule has 0 spiro atoms. The number of rotatable bonds is 7. The lowest BCUT2D eigenvalue weighted by Gasteiger charge is -2.11. The van der Waals surface area contributed by atoms with Crippen LogP contribution in [-0.2, 0) is 9.53 Å². The Labute approximate surface area is 152 Å². The van der Waals surface area contributed by atoms with Gasteiger partial charge in [-0.3, -0.25) is 4.79 Å². The van der Waals surface area contributed by atoms with Gasteiger partial charge < -0.3 is 9.47 Å². The fourth-order valence-corrected chi connectivity index (χ4v) is 2.48. The largest absolute Gasteiger partial charge is 0.481 e. The number of para-hydroxylation sites is 1. The van der Waals surface area contributed by atoms with Gasteiger partial charge in [0.25, 0.3) is 0 Å². The Kier molecular flexibility index (Phi) is 5.78. The van der Waals surface area contributed by atoms with Crippen molar-refractivity contribution >= 4 is 11.8 Å². The first-order chi connectivity index (χ1) is 12.7. The highest BCUT2D eigenvalue weighted by Gasteiger charge is 2.12. The molecule has 0 saturated carbocycles. The molecule has 0 amide bonds. The summed E-state index contributed by atoms with van der Waals surface area (Å²) in [4.78, 5) is 23.8. The summed E-state index contributed by atoms with van der Waals surface area (Å²) in [7, 11) is 0. The standard InChI is InChI=1S/C22H18O4/c23-20(18-11-5-2-6-12-18)15-26-22(24)16-25-21-14-8-7-13-19(21)17-9-3-1-4-10-17/h1-14H,15-16H2. The van der Waals surface area contributed by atoms with E-state index in [2.05, 4.69) is 0 Å². The molecule has 3 aromatic carbocycles. The van der Waals surface area contributed by atoms with Crippen molar-refractivity contribution in [3.05, 3.63) is 90.5 Å². The van der Waals surface area contributed by atoms with Gasteiger partial charge in [-0.15, -0.1) is 0 Å². The Morgan fingerprint density at radius 3 is 2.04 bits per heavy atom. The van der Waals surface area contributed by atoms with Crippen LogP contribution in [0.25, 0.3) is 11.1 Å². The molecule has 0 bridgehead atoms. The lowest BCUT2D eigenvalue weighted by atomic mass is 10.1. The molecule has 3 rings (SSSR count). The Hall–Kier alpha value is -3.40. The predicted molar refractivity (Wildman–Crippen MR) is 99.1 cm³/mol. The maximum absolute atomic E-state index is 11.9. The third kappa shape index (κ3) is 4.57. The second-order valence-electron chi connectivity index (χ2n) is 5.60. The average molecular weight is 346 g/mol. The van der Waals surface area contributed by atoms with Crippen molar-refractivity contribution < 1.29 is 19.1 Å². The zero-order valence-electron chi connectivity index (χ0n) is 14.1. The van der Waals surface area contributed by atoms with Gasteiger partial charge in [0, 0.05) is 11.1 Å². The van der Waals surface area contributed by atoms with E-state index in [1.807, 2.05) is 54.6 Å². The van der Waals surface area contributed by atoms with Gasteiger partial charge in [-0.05, 0) is 11.6 Å². The first-order valence-electron chi connectivity index (χ1n) is 8.25. The molecule has 3 aromatic rings. The van der Waals surface area contributed by atoms with E-state index in [-0.39, 0.29) is 19.0 Å². The van der Waals surface area contributed by atoms with Crippen molar-refractivity contribution in [1.29, 1.82) is 0 Å². The fourth-order valence-electron chi connectivity index (χ4n) is 2.48. The molecule has 0 saturated heterocycles. The smallest absolute Gasteiger partial charge is 0.344 e. The third-order valence-electron chi connectivity index (χ3n) is 3.78. The first kappa shape index (κ1) is 17.4. The minimum Gasteiger partial charge on any atom is -0.481 e. The van der Waals surface area contributed by atoms with Gasteiger partial charge in [-0.25, -0.2) is 4.79 Å². The monoisotopic (exact) mass is 346 g/mol. The van der Waals surface area contributed by atoms with Crippen molar-refractivity contribution in [1.82, 2.24) is 0 Å². The molecule has 0 aromatic heterocycles. The van der Waals surface area contributed by atoms with Crippen molar-refractivity contribution in [3.8, 4) is 16.9 Å². The van der Waals surface area contributed by atoms with Gasteiger partial charge >= 0.3 is 5.97 Å². The summed E-state index contributed by atoms with van der Waals surface area (Å²) in [5, 5.41) is 0. The summed E-state index contributed by atoms with van der Waals surface area (Å²) in [6, 6.07) is 25.9. The van der Waals surface area contributed by atoms with Crippen LogP contribution in [0.1, 0.15) is 10.4 Å². The molecule has 0 aliphatic carbocycles. The molecule has 0 heterocycles. The lowest BCUT2D eigenvalue weighted by Crippen LogP contribution is -2.19. The fraction of sp³-hybridized carbons (Fsp3) is 0.0909. The van der Waals surface area contributed by atoms with Crippen LogP contribution >= 0.6 is 0 Å². The van der Waals surface area contributed by atoms with E-state index in [0.29, 0.717) is 11.3 Å². The van der Waals surface area contributed by atoms with E-state index in [9.17, 15) is 9.59 Å². The molecule has 0 N–H and O–H groups in total. The van der Waals surface area contributed by atoms with Gasteiger partial charge in [0.15, 0.2) is 19.0 Å². The van der Waals surface area contributed by atoms with Crippen molar-refractivity contribution in [3.63, 3.8) is 0 Å². The summed E-state index contributed by atoms with van der Waals surface area (Å²) < 4.78 is 10.6. The molecule has 0 unspecified atom stereocenters. The number of Topliss-reactive ketones (excluding diaryl/α,β-unsaturated/α-hetero) is 1. The topological polar surface area (TPSA) is 52.6 Å². The van der Waals surface area contributed by atoms with E-state index in [1.54, 1.807) is 30.3 Å². The number of ether oxygens (including phenoxy) is 2. The highest BCUT2D eigenvalue weighted by molar-refractivity contribution is 5.97.